The molecule has 0 saturated heterocycles. The van der Waals surface area contributed by atoms with E-state index in [1.165, 1.54) is 0 Å². The SMILES string of the molecule is Cc1[nH]c(CO)nc1-c1ccncc1. The minimum atomic E-state index is -0.0636. The number of aliphatic hydroxyl groups is 1. The van der Waals surface area contributed by atoms with Crippen LogP contribution in [0.5, 0.6) is 0 Å². The standard InChI is InChI=1S/C10H11N3O/c1-7-10(13-9(6-14)12-7)8-2-4-11-5-3-8/h2-5,14H,6H2,1H3,(H,12,13). The zero-order valence-electron chi connectivity index (χ0n) is 7.86. The van der Waals surface area contributed by atoms with Crippen LogP contribution in [0, 0.1) is 6.92 Å². The molecule has 4 nitrogen and oxygen atoms in total. The van der Waals surface area contributed by atoms with E-state index in [4.69, 9.17) is 5.11 Å². The Morgan fingerprint density at radius 3 is 2.64 bits per heavy atom. The molecule has 2 aromatic rings. The number of aliphatic hydroxyl groups excluding tert-OH is 1. The molecule has 4 heteroatoms. The number of aromatic amines is 1. The summed E-state index contributed by atoms with van der Waals surface area (Å²) in [4.78, 5) is 11.2. The normalized spacial score (nSPS) is 10.4. The maximum Gasteiger partial charge on any atom is 0.132 e. The first kappa shape index (κ1) is 8.90. The molecule has 0 spiro atoms. The van der Waals surface area contributed by atoms with Crippen molar-refractivity contribution in [3.63, 3.8) is 0 Å². The minimum absolute atomic E-state index is 0.0636. The zero-order chi connectivity index (χ0) is 9.97. The molecule has 2 heterocycles. The molecule has 0 saturated carbocycles. The topological polar surface area (TPSA) is 61.8 Å². The zero-order valence-corrected chi connectivity index (χ0v) is 7.86. The van der Waals surface area contributed by atoms with E-state index in [1.54, 1.807) is 12.4 Å². The Bertz CT molecular complexity index is 422. The lowest BCUT2D eigenvalue weighted by molar-refractivity contribution is 0.272. The van der Waals surface area contributed by atoms with Crippen molar-refractivity contribution >= 4 is 0 Å². The number of rotatable bonds is 2. The van der Waals surface area contributed by atoms with Crippen LogP contribution in [0.3, 0.4) is 0 Å². The van der Waals surface area contributed by atoms with E-state index in [1.807, 2.05) is 19.1 Å². The Labute approximate surface area is 81.7 Å². The van der Waals surface area contributed by atoms with Gasteiger partial charge < -0.3 is 10.1 Å². The molecule has 0 aliphatic rings. The quantitative estimate of drug-likeness (QED) is 0.747. The molecule has 0 radical (unpaired) electrons. The Balaban J connectivity index is 2.46. The van der Waals surface area contributed by atoms with Crippen molar-refractivity contribution in [1.29, 1.82) is 0 Å². The summed E-state index contributed by atoms with van der Waals surface area (Å²) in [5.74, 6) is 0.592. The minimum Gasteiger partial charge on any atom is -0.388 e. The molecule has 0 atom stereocenters. The number of pyridine rings is 1. The summed E-state index contributed by atoms with van der Waals surface area (Å²) >= 11 is 0. The van der Waals surface area contributed by atoms with Crippen LogP contribution in [0.25, 0.3) is 11.3 Å². The van der Waals surface area contributed by atoms with Crippen LogP contribution in [0.1, 0.15) is 11.5 Å². The molecule has 2 N–H and O–H groups in total. The highest BCUT2D eigenvalue weighted by molar-refractivity contribution is 5.60. The highest BCUT2D eigenvalue weighted by atomic mass is 16.3. The molecule has 0 aliphatic carbocycles. The van der Waals surface area contributed by atoms with E-state index in [-0.39, 0.29) is 6.61 Å². The summed E-state index contributed by atoms with van der Waals surface area (Å²) in [6.45, 7) is 1.87. The van der Waals surface area contributed by atoms with Crippen LogP contribution in [0.2, 0.25) is 0 Å². The number of nitrogens with zero attached hydrogens (tertiary/aromatic N) is 2. The molecule has 0 aromatic carbocycles. The summed E-state index contributed by atoms with van der Waals surface area (Å²) in [5.41, 5.74) is 2.84. The molecular formula is C10H11N3O. The van der Waals surface area contributed by atoms with Crippen molar-refractivity contribution in [2.75, 3.05) is 0 Å². The third-order valence-corrected chi connectivity index (χ3v) is 2.04. The number of hydrogen-bond acceptors (Lipinski definition) is 3. The molecule has 0 amide bonds. The Hall–Kier alpha value is -1.68. The van der Waals surface area contributed by atoms with Crippen molar-refractivity contribution in [1.82, 2.24) is 15.0 Å². The molecule has 14 heavy (non-hydrogen) atoms. The Morgan fingerprint density at radius 2 is 2.07 bits per heavy atom. The Morgan fingerprint density at radius 1 is 1.36 bits per heavy atom. The van der Waals surface area contributed by atoms with Gasteiger partial charge in [-0.05, 0) is 19.1 Å². The lowest BCUT2D eigenvalue weighted by Gasteiger charge is -1.95. The first-order valence-corrected chi connectivity index (χ1v) is 4.38. The summed E-state index contributed by atoms with van der Waals surface area (Å²) in [7, 11) is 0. The average molecular weight is 189 g/mol. The van der Waals surface area contributed by atoms with E-state index < -0.39 is 0 Å². The summed E-state index contributed by atoms with van der Waals surface area (Å²) in [5, 5.41) is 8.92. The van der Waals surface area contributed by atoms with Crippen LogP contribution in [-0.2, 0) is 6.61 Å². The van der Waals surface area contributed by atoms with E-state index in [0.29, 0.717) is 5.82 Å². The molecule has 0 fully saturated rings. The van der Waals surface area contributed by atoms with Crippen molar-refractivity contribution in [3.8, 4) is 11.3 Å². The third kappa shape index (κ3) is 1.52. The molecule has 2 rings (SSSR count). The monoisotopic (exact) mass is 189 g/mol. The van der Waals surface area contributed by atoms with Gasteiger partial charge in [0.2, 0.25) is 0 Å². The molecule has 0 bridgehead atoms. The molecule has 2 aromatic heterocycles. The van der Waals surface area contributed by atoms with Gasteiger partial charge >= 0.3 is 0 Å². The van der Waals surface area contributed by atoms with Gasteiger partial charge in [0.15, 0.2) is 0 Å². The van der Waals surface area contributed by atoms with Gasteiger partial charge in [0.1, 0.15) is 12.4 Å². The fourth-order valence-corrected chi connectivity index (χ4v) is 1.39. The van der Waals surface area contributed by atoms with E-state index in [2.05, 4.69) is 15.0 Å². The van der Waals surface area contributed by atoms with Crippen LogP contribution < -0.4 is 0 Å². The van der Waals surface area contributed by atoms with Gasteiger partial charge in [-0.2, -0.15) is 0 Å². The number of imidazole rings is 1. The fraction of sp³-hybridized carbons (Fsp3) is 0.200. The highest BCUT2D eigenvalue weighted by Gasteiger charge is 2.07. The second kappa shape index (κ2) is 3.59. The summed E-state index contributed by atoms with van der Waals surface area (Å²) in [6, 6.07) is 3.79. The van der Waals surface area contributed by atoms with Crippen molar-refractivity contribution in [2.45, 2.75) is 13.5 Å². The molecule has 0 aliphatic heterocycles. The second-order valence-corrected chi connectivity index (χ2v) is 3.05. The first-order valence-electron chi connectivity index (χ1n) is 4.38. The molecule has 0 unspecified atom stereocenters. The smallest absolute Gasteiger partial charge is 0.132 e. The number of aryl methyl sites for hydroxylation is 1. The van der Waals surface area contributed by atoms with Crippen molar-refractivity contribution in [3.05, 3.63) is 36.0 Å². The predicted molar refractivity (Wildman–Crippen MR) is 52.5 cm³/mol. The van der Waals surface area contributed by atoms with Crippen LogP contribution >= 0.6 is 0 Å². The second-order valence-electron chi connectivity index (χ2n) is 3.05. The maximum atomic E-state index is 8.92. The van der Waals surface area contributed by atoms with Crippen molar-refractivity contribution in [2.24, 2.45) is 0 Å². The molecule has 72 valence electrons. The number of hydrogen-bond donors (Lipinski definition) is 2. The summed E-state index contributed by atoms with van der Waals surface area (Å²) < 4.78 is 0. The maximum absolute atomic E-state index is 8.92. The third-order valence-electron chi connectivity index (χ3n) is 2.04. The van der Waals surface area contributed by atoms with Gasteiger partial charge in [0.25, 0.3) is 0 Å². The molecular weight excluding hydrogens is 178 g/mol. The van der Waals surface area contributed by atoms with Crippen LogP contribution in [-0.4, -0.2) is 20.1 Å². The predicted octanol–water partition coefficient (Wildman–Crippen LogP) is 1.27. The van der Waals surface area contributed by atoms with E-state index >= 15 is 0 Å². The van der Waals surface area contributed by atoms with E-state index in [9.17, 15) is 0 Å². The fourth-order valence-electron chi connectivity index (χ4n) is 1.39. The first-order chi connectivity index (χ1) is 6.81. The Kier molecular flexibility index (Phi) is 2.28. The van der Waals surface area contributed by atoms with Gasteiger partial charge in [-0.3, -0.25) is 4.98 Å². The highest BCUT2D eigenvalue weighted by Crippen LogP contribution is 2.19. The number of nitrogens with one attached hydrogen (secondary N) is 1. The number of H-pyrrole nitrogens is 1. The number of aromatic nitrogens is 3. The van der Waals surface area contributed by atoms with E-state index in [0.717, 1.165) is 17.0 Å². The van der Waals surface area contributed by atoms with Gasteiger partial charge in [0.05, 0.1) is 5.69 Å². The lowest BCUT2D eigenvalue weighted by Crippen LogP contribution is -1.84. The average Bonchev–Trinajstić information content (AvgIpc) is 2.61. The van der Waals surface area contributed by atoms with Gasteiger partial charge in [0, 0.05) is 23.7 Å². The van der Waals surface area contributed by atoms with Crippen molar-refractivity contribution < 1.29 is 5.11 Å². The van der Waals surface area contributed by atoms with Gasteiger partial charge in [-0.25, -0.2) is 4.98 Å². The van der Waals surface area contributed by atoms with Gasteiger partial charge in [-0.15, -0.1) is 0 Å². The van der Waals surface area contributed by atoms with Crippen LogP contribution in [0.15, 0.2) is 24.5 Å². The summed E-state index contributed by atoms with van der Waals surface area (Å²) in [6.07, 6.45) is 3.45. The van der Waals surface area contributed by atoms with Crippen LogP contribution in [0.4, 0.5) is 0 Å². The largest absolute Gasteiger partial charge is 0.388 e. The van der Waals surface area contributed by atoms with Gasteiger partial charge in [-0.1, -0.05) is 0 Å². The lowest BCUT2D eigenvalue weighted by atomic mass is 10.2.